The summed E-state index contributed by atoms with van der Waals surface area (Å²) >= 11 is 0. The number of amides is 1. The molecule has 0 saturated heterocycles. The Labute approximate surface area is 104 Å². The number of nitrogens with one attached hydrogen (secondary N) is 2. The molecule has 0 spiro atoms. The molecule has 3 N–H and O–H groups in total. The molecule has 6 heteroatoms. The summed E-state index contributed by atoms with van der Waals surface area (Å²) in [6.07, 6.45) is 1.51. The van der Waals surface area contributed by atoms with Crippen molar-refractivity contribution < 1.29 is 14.6 Å². The number of aromatic nitrogens is 2. The monoisotopic (exact) mass is 247 g/mol. The SMILES string of the molecule is COc1cc(CNC(=O)c2ccn[nH]2)ccc1O. The van der Waals surface area contributed by atoms with Crippen LogP contribution >= 0.6 is 0 Å². The summed E-state index contributed by atoms with van der Waals surface area (Å²) in [4.78, 5) is 11.6. The molecule has 2 rings (SSSR count). The van der Waals surface area contributed by atoms with Gasteiger partial charge in [0.05, 0.1) is 7.11 Å². The van der Waals surface area contributed by atoms with Crippen LogP contribution in [0.25, 0.3) is 0 Å². The highest BCUT2D eigenvalue weighted by Crippen LogP contribution is 2.26. The molecule has 0 fully saturated rings. The summed E-state index contributed by atoms with van der Waals surface area (Å²) in [7, 11) is 1.47. The van der Waals surface area contributed by atoms with E-state index < -0.39 is 0 Å². The molecule has 0 saturated carbocycles. The predicted octanol–water partition coefficient (Wildman–Crippen LogP) is 1.05. The summed E-state index contributed by atoms with van der Waals surface area (Å²) in [6.45, 7) is 0.342. The number of phenols is 1. The van der Waals surface area contributed by atoms with Crippen molar-refractivity contribution in [1.29, 1.82) is 0 Å². The zero-order valence-electron chi connectivity index (χ0n) is 9.80. The van der Waals surface area contributed by atoms with Crippen molar-refractivity contribution >= 4 is 5.91 Å². The summed E-state index contributed by atoms with van der Waals surface area (Å²) in [5.41, 5.74) is 1.23. The largest absolute Gasteiger partial charge is 0.504 e. The van der Waals surface area contributed by atoms with Gasteiger partial charge in [0.25, 0.3) is 5.91 Å². The lowest BCUT2D eigenvalue weighted by molar-refractivity contribution is 0.0946. The minimum Gasteiger partial charge on any atom is -0.504 e. The number of ether oxygens (including phenoxy) is 1. The first kappa shape index (κ1) is 12.0. The number of nitrogens with zero attached hydrogens (tertiary/aromatic N) is 1. The molecule has 1 amide bonds. The Morgan fingerprint density at radius 2 is 2.33 bits per heavy atom. The third-order valence-electron chi connectivity index (χ3n) is 2.44. The Hall–Kier alpha value is -2.50. The van der Waals surface area contributed by atoms with Gasteiger partial charge >= 0.3 is 0 Å². The molecule has 0 radical (unpaired) electrons. The average Bonchev–Trinajstić information content (AvgIpc) is 2.91. The van der Waals surface area contributed by atoms with E-state index in [0.717, 1.165) is 5.56 Å². The maximum Gasteiger partial charge on any atom is 0.269 e. The van der Waals surface area contributed by atoms with Crippen LogP contribution < -0.4 is 10.1 Å². The summed E-state index contributed by atoms with van der Waals surface area (Å²) in [5, 5.41) is 18.4. The maximum absolute atomic E-state index is 11.6. The van der Waals surface area contributed by atoms with Crippen LogP contribution in [0.3, 0.4) is 0 Å². The van der Waals surface area contributed by atoms with Crippen LogP contribution in [-0.2, 0) is 6.54 Å². The lowest BCUT2D eigenvalue weighted by Crippen LogP contribution is -2.23. The van der Waals surface area contributed by atoms with Gasteiger partial charge in [0.15, 0.2) is 11.5 Å². The van der Waals surface area contributed by atoms with Gasteiger partial charge in [-0.3, -0.25) is 9.89 Å². The van der Waals surface area contributed by atoms with E-state index in [9.17, 15) is 9.90 Å². The minimum atomic E-state index is -0.237. The molecule has 6 nitrogen and oxygen atoms in total. The Morgan fingerprint density at radius 3 is 3.00 bits per heavy atom. The van der Waals surface area contributed by atoms with Gasteiger partial charge in [-0.15, -0.1) is 0 Å². The van der Waals surface area contributed by atoms with E-state index in [0.29, 0.717) is 18.0 Å². The average molecular weight is 247 g/mol. The molecule has 1 heterocycles. The van der Waals surface area contributed by atoms with E-state index in [1.54, 1.807) is 18.2 Å². The number of rotatable bonds is 4. The van der Waals surface area contributed by atoms with Gasteiger partial charge < -0.3 is 15.2 Å². The van der Waals surface area contributed by atoms with Crippen LogP contribution in [0.15, 0.2) is 30.5 Å². The molecule has 1 aromatic heterocycles. The zero-order valence-corrected chi connectivity index (χ0v) is 9.80. The molecule has 0 aliphatic heterocycles. The molecule has 0 atom stereocenters. The highest BCUT2D eigenvalue weighted by molar-refractivity contribution is 5.92. The lowest BCUT2D eigenvalue weighted by atomic mass is 10.2. The normalized spacial score (nSPS) is 10.1. The van der Waals surface area contributed by atoms with Crippen molar-refractivity contribution in [2.24, 2.45) is 0 Å². The molecule has 0 aliphatic carbocycles. The third-order valence-corrected chi connectivity index (χ3v) is 2.44. The molecule has 1 aromatic carbocycles. The highest BCUT2D eigenvalue weighted by Gasteiger charge is 2.07. The van der Waals surface area contributed by atoms with E-state index in [1.807, 2.05) is 0 Å². The number of aromatic amines is 1. The third kappa shape index (κ3) is 2.60. The van der Waals surface area contributed by atoms with Crippen LogP contribution in [0, 0.1) is 0 Å². The first-order valence-corrected chi connectivity index (χ1v) is 5.34. The number of aromatic hydroxyl groups is 1. The van der Waals surface area contributed by atoms with Crippen molar-refractivity contribution in [3.63, 3.8) is 0 Å². The number of carbonyl (C=O) groups excluding carboxylic acids is 1. The second kappa shape index (κ2) is 5.22. The smallest absolute Gasteiger partial charge is 0.269 e. The van der Waals surface area contributed by atoms with Crippen molar-refractivity contribution in [2.45, 2.75) is 6.54 Å². The van der Waals surface area contributed by atoms with Crippen molar-refractivity contribution in [2.75, 3.05) is 7.11 Å². The van der Waals surface area contributed by atoms with Crippen LogP contribution in [0.2, 0.25) is 0 Å². The molecule has 18 heavy (non-hydrogen) atoms. The Bertz CT molecular complexity index is 538. The number of carbonyl (C=O) groups is 1. The lowest BCUT2D eigenvalue weighted by Gasteiger charge is -2.07. The first-order chi connectivity index (χ1) is 8.70. The zero-order chi connectivity index (χ0) is 13.0. The second-order valence-electron chi connectivity index (χ2n) is 3.66. The molecule has 94 valence electrons. The van der Waals surface area contributed by atoms with Gasteiger partial charge in [0.2, 0.25) is 0 Å². The molecule has 2 aromatic rings. The van der Waals surface area contributed by atoms with E-state index in [1.165, 1.54) is 19.4 Å². The van der Waals surface area contributed by atoms with Gasteiger partial charge in [-0.05, 0) is 23.8 Å². The molecule has 0 bridgehead atoms. The summed E-state index contributed by atoms with van der Waals surface area (Å²) < 4.78 is 4.99. The fourth-order valence-electron chi connectivity index (χ4n) is 1.49. The van der Waals surface area contributed by atoms with Gasteiger partial charge in [-0.1, -0.05) is 6.07 Å². The molecule has 0 unspecified atom stereocenters. The van der Waals surface area contributed by atoms with E-state index in [4.69, 9.17) is 4.74 Å². The Morgan fingerprint density at radius 1 is 1.50 bits per heavy atom. The number of benzene rings is 1. The van der Waals surface area contributed by atoms with Gasteiger partial charge in [0.1, 0.15) is 5.69 Å². The van der Waals surface area contributed by atoms with Crippen LogP contribution in [-0.4, -0.2) is 28.3 Å². The summed E-state index contributed by atoms with van der Waals surface area (Å²) in [6, 6.07) is 6.50. The standard InChI is InChI=1S/C12H13N3O3/c1-18-11-6-8(2-3-10(11)16)7-13-12(17)9-4-5-14-15-9/h2-6,16H,7H2,1H3,(H,13,17)(H,14,15). The van der Waals surface area contributed by atoms with E-state index in [2.05, 4.69) is 15.5 Å². The van der Waals surface area contributed by atoms with Gasteiger partial charge in [-0.25, -0.2) is 0 Å². The van der Waals surface area contributed by atoms with Crippen molar-refractivity contribution in [3.05, 3.63) is 41.7 Å². The van der Waals surface area contributed by atoms with Gasteiger partial charge in [0, 0.05) is 12.7 Å². The van der Waals surface area contributed by atoms with Crippen molar-refractivity contribution in [1.82, 2.24) is 15.5 Å². The second-order valence-corrected chi connectivity index (χ2v) is 3.66. The Kier molecular flexibility index (Phi) is 3.47. The molecular weight excluding hydrogens is 234 g/mol. The number of phenolic OH excluding ortho intramolecular Hbond substituents is 1. The predicted molar refractivity (Wildman–Crippen MR) is 64.4 cm³/mol. The first-order valence-electron chi connectivity index (χ1n) is 5.34. The summed E-state index contributed by atoms with van der Waals surface area (Å²) in [5.74, 6) is 0.212. The number of hydrogen-bond donors (Lipinski definition) is 3. The highest BCUT2D eigenvalue weighted by atomic mass is 16.5. The molecular formula is C12H13N3O3. The number of hydrogen-bond acceptors (Lipinski definition) is 4. The fourth-order valence-corrected chi connectivity index (χ4v) is 1.49. The quantitative estimate of drug-likeness (QED) is 0.753. The van der Waals surface area contributed by atoms with Crippen LogP contribution in [0.5, 0.6) is 11.5 Å². The number of methoxy groups -OCH3 is 1. The number of H-pyrrole nitrogens is 1. The maximum atomic E-state index is 11.6. The van der Waals surface area contributed by atoms with Gasteiger partial charge in [-0.2, -0.15) is 5.10 Å². The van der Waals surface area contributed by atoms with E-state index in [-0.39, 0.29) is 11.7 Å². The minimum absolute atomic E-state index is 0.0705. The van der Waals surface area contributed by atoms with Crippen molar-refractivity contribution in [3.8, 4) is 11.5 Å². The Balaban J connectivity index is 2.00. The molecule has 0 aliphatic rings. The van der Waals surface area contributed by atoms with Crippen LogP contribution in [0.1, 0.15) is 16.1 Å². The topological polar surface area (TPSA) is 87.2 Å². The van der Waals surface area contributed by atoms with Crippen LogP contribution in [0.4, 0.5) is 0 Å². The fraction of sp³-hybridized carbons (Fsp3) is 0.167. The van der Waals surface area contributed by atoms with E-state index >= 15 is 0 Å².